The minimum Gasteiger partial charge on any atom is -0.394 e. The fourth-order valence-corrected chi connectivity index (χ4v) is 3.12. The third-order valence-corrected chi connectivity index (χ3v) is 4.13. The van der Waals surface area contributed by atoms with Crippen LogP contribution in [0.1, 0.15) is 39.0 Å². The molecule has 0 radical (unpaired) electrons. The molecule has 5 nitrogen and oxygen atoms in total. The zero-order valence-electron chi connectivity index (χ0n) is 13.0. The van der Waals surface area contributed by atoms with Crippen molar-refractivity contribution in [3.63, 3.8) is 0 Å². The van der Waals surface area contributed by atoms with Crippen LogP contribution in [0.25, 0.3) is 0 Å². The molecule has 0 saturated carbocycles. The highest BCUT2D eigenvalue weighted by molar-refractivity contribution is 5.78. The second kappa shape index (κ2) is 8.51. The topological polar surface area (TPSA) is 61.8 Å². The maximum absolute atomic E-state index is 12.0. The predicted octanol–water partition coefficient (Wildman–Crippen LogP) is 1.07. The summed E-state index contributed by atoms with van der Waals surface area (Å²) in [6.07, 6.45) is 8.16. The van der Waals surface area contributed by atoms with Crippen molar-refractivity contribution in [1.82, 2.24) is 10.2 Å². The summed E-state index contributed by atoms with van der Waals surface area (Å²) in [5.41, 5.74) is 1.49. The van der Waals surface area contributed by atoms with Crippen LogP contribution in [0.2, 0.25) is 0 Å². The number of carbonyl (C=O) groups is 1. The van der Waals surface area contributed by atoms with E-state index in [0.717, 1.165) is 19.5 Å². The average Bonchev–Trinajstić information content (AvgIpc) is 2.47. The van der Waals surface area contributed by atoms with Gasteiger partial charge in [0, 0.05) is 19.6 Å². The Balaban J connectivity index is 1.65. The molecule has 0 aromatic heterocycles. The molecule has 1 saturated heterocycles. The number of morpholine rings is 1. The number of nitrogens with zero attached hydrogens (tertiary/aromatic N) is 1. The lowest BCUT2D eigenvalue weighted by atomic mass is 9.97. The third-order valence-electron chi connectivity index (χ3n) is 4.13. The van der Waals surface area contributed by atoms with E-state index < -0.39 is 0 Å². The molecule has 1 amide bonds. The Kier molecular flexibility index (Phi) is 6.67. The van der Waals surface area contributed by atoms with E-state index in [0.29, 0.717) is 13.1 Å². The largest absolute Gasteiger partial charge is 0.394 e. The Bertz CT molecular complexity index is 371. The summed E-state index contributed by atoms with van der Waals surface area (Å²) in [7, 11) is 0. The molecule has 0 bridgehead atoms. The van der Waals surface area contributed by atoms with Crippen LogP contribution >= 0.6 is 0 Å². The van der Waals surface area contributed by atoms with E-state index in [1.165, 1.54) is 31.3 Å². The Hall–Kier alpha value is -0.910. The number of carbonyl (C=O) groups excluding carboxylic acids is 1. The van der Waals surface area contributed by atoms with Crippen LogP contribution in [-0.4, -0.2) is 60.9 Å². The molecule has 2 N–H and O–H groups in total. The van der Waals surface area contributed by atoms with Crippen LogP contribution < -0.4 is 5.32 Å². The van der Waals surface area contributed by atoms with Crippen molar-refractivity contribution < 1.29 is 14.6 Å². The predicted molar refractivity (Wildman–Crippen MR) is 82.0 cm³/mol. The number of hydrogen-bond acceptors (Lipinski definition) is 4. The second-order valence-electron chi connectivity index (χ2n) is 6.15. The monoisotopic (exact) mass is 296 g/mol. The molecule has 2 aliphatic rings. The van der Waals surface area contributed by atoms with E-state index in [2.05, 4.69) is 16.3 Å². The number of aliphatic hydroxyl groups is 1. The summed E-state index contributed by atoms with van der Waals surface area (Å²) >= 11 is 0. The average molecular weight is 296 g/mol. The molecule has 0 spiro atoms. The molecular formula is C16H28N2O3. The van der Waals surface area contributed by atoms with Crippen molar-refractivity contribution in [2.45, 2.75) is 51.2 Å². The molecule has 0 aromatic carbocycles. The van der Waals surface area contributed by atoms with Crippen molar-refractivity contribution in [2.75, 3.05) is 32.8 Å². The van der Waals surface area contributed by atoms with Gasteiger partial charge in [0.05, 0.1) is 25.4 Å². The maximum Gasteiger partial charge on any atom is 0.234 e. The van der Waals surface area contributed by atoms with Crippen molar-refractivity contribution in [1.29, 1.82) is 0 Å². The first-order valence-corrected chi connectivity index (χ1v) is 8.10. The minimum atomic E-state index is -0.172. The van der Waals surface area contributed by atoms with Crippen LogP contribution in [0.15, 0.2) is 11.6 Å². The Morgan fingerprint density at radius 3 is 3.05 bits per heavy atom. The summed E-state index contributed by atoms with van der Waals surface area (Å²) in [6.45, 7) is 4.48. The van der Waals surface area contributed by atoms with Gasteiger partial charge in [0.25, 0.3) is 0 Å². The summed E-state index contributed by atoms with van der Waals surface area (Å²) in [4.78, 5) is 14.0. The van der Waals surface area contributed by atoms with Crippen molar-refractivity contribution in [2.24, 2.45) is 0 Å². The molecule has 0 aromatic rings. The SMILES string of the molecule is CC1CN(CC(=O)NCCC2=CCCCC2)CC(CO)O1. The highest BCUT2D eigenvalue weighted by Crippen LogP contribution is 2.19. The first kappa shape index (κ1) is 16.5. The van der Waals surface area contributed by atoms with E-state index in [1.54, 1.807) is 0 Å². The van der Waals surface area contributed by atoms with Crippen LogP contribution in [0, 0.1) is 0 Å². The van der Waals surface area contributed by atoms with Gasteiger partial charge in [-0.25, -0.2) is 0 Å². The van der Waals surface area contributed by atoms with Gasteiger partial charge in [0.1, 0.15) is 0 Å². The molecule has 2 atom stereocenters. The molecule has 2 rings (SSSR count). The van der Waals surface area contributed by atoms with Gasteiger partial charge in [0.15, 0.2) is 0 Å². The number of hydrogen-bond donors (Lipinski definition) is 2. The maximum atomic E-state index is 12.0. The number of aliphatic hydroxyl groups excluding tert-OH is 1. The first-order chi connectivity index (χ1) is 10.2. The van der Waals surface area contributed by atoms with Gasteiger partial charge in [-0.1, -0.05) is 11.6 Å². The van der Waals surface area contributed by atoms with Gasteiger partial charge in [-0.15, -0.1) is 0 Å². The van der Waals surface area contributed by atoms with Crippen molar-refractivity contribution in [3.05, 3.63) is 11.6 Å². The lowest BCUT2D eigenvalue weighted by molar-refractivity contribution is -0.128. The van der Waals surface area contributed by atoms with Gasteiger partial charge in [-0.05, 0) is 39.0 Å². The third kappa shape index (κ3) is 5.77. The molecule has 1 fully saturated rings. The lowest BCUT2D eigenvalue weighted by Crippen LogP contribution is -2.51. The van der Waals surface area contributed by atoms with Gasteiger partial charge in [0.2, 0.25) is 5.91 Å². The number of nitrogens with one attached hydrogen (secondary N) is 1. The number of ether oxygens (including phenoxy) is 1. The summed E-state index contributed by atoms with van der Waals surface area (Å²) < 4.78 is 5.58. The van der Waals surface area contributed by atoms with Gasteiger partial charge >= 0.3 is 0 Å². The molecule has 2 unspecified atom stereocenters. The standard InChI is InChI=1S/C16H28N2O3/c1-13-9-18(10-15(12-19)21-13)11-16(20)17-8-7-14-5-3-2-4-6-14/h5,13,15,19H,2-4,6-12H2,1H3,(H,17,20). The van der Waals surface area contributed by atoms with Gasteiger partial charge in [-0.2, -0.15) is 0 Å². The van der Waals surface area contributed by atoms with Crippen LogP contribution in [-0.2, 0) is 9.53 Å². The van der Waals surface area contributed by atoms with E-state index >= 15 is 0 Å². The summed E-state index contributed by atoms with van der Waals surface area (Å²) in [5.74, 6) is 0.0669. The molecule has 1 aliphatic carbocycles. The van der Waals surface area contributed by atoms with E-state index in [4.69, 9.17) is 4.74 Å². The van der Waals surface area contributed by atoms with E-state index in [-0.39, 0.29) is 24.7 Å². The summed E-state index contributed by atoms with van der Waals surface area (Å²) in [5, 5.41) is 12.2. The fourth-order valence-electron chi connectivity index (χ4n) is 3.12. The quantitative estimate of drug-likeness (QED) is 0.720. The van der Waals surface area contributed by atoms with Crippen molar-refractivity contribution in [3.8, 4) is 0 Å². The van der Waals surface area contributed by atoms with Crippen LogP contribution in [0.3, 0.4) is 0 Å². The van der Waals surface area contributed by atoms with Gasteiger partial charge < -0.3 is 15.2 Å². The molecule has 1 heterocycles. The minimum absolute atomic E-state index is 0.0105. The normalized spacial score (nSPS) is 27.2. The van der Waals surface area contributed by atoms with Crippen molar-refractivity contribution >= 4 is 5.91 Å². The zero-order chi connectivity index (χ0) is 15.1. The summed E-state index contributed by atoms with van der Waals surface area (Å²) in [6, 6.07) is 0. The molecular weight excluding hydrogens is 268 g/mol. The fraction of sp³-hybridized carbons (Fsp3) is 0.812. The molecule has 1 aliphatic heterocycles. The zero-order valence-corrected chi connectivity index (χ0v) is 13.0. The lowest BCUT2D eigenvalue weighted by Gasteiger charge is -2.35. The van der Waals surface area contributed by atoms with E-state index in [1.807, 2.05) is 6.92 Å². The first-order valence-electron chi connectivity index (χ1n) is 8.10. The second-order valence-corrected chi connectivity index (χ2v) is 6.15. The Morgan fingerprint density at radius 1 is 1.48 bits per heavy atom. The number of rotatable bonds is 6. The molecule has 21 heavy (non-hydrogen) atoms. The number of amides is 1. The Labute approximate surface area is 127 Å². The van der Waals surface area contributed by atoms with Crippen LogP contribution in [0.4, 0.5) is 0 Å². The highest BCUT2D eigenvalue weighted by Gasteiger charge is 2.25. The van der Waals surface area contributed by atoms with Gasteiger partial charge in [-0.3, -0.25) is 9.69 Å². The molecule has 5 heteroatoms. The van der Waals surface area contributed by atoms with Crippen LogP contribution in [0.5, 0.6) is 0 Å². The Morgan fingerprint density at radius 2 is 2.33 bits per heavy atom. The number of allylic oxidation sites excluding steroid dienone is 1. The smallest absolute Gasteiger partial charge is 0.234 e. The van der Waals surface area contributed by atoms with E-state index in [9.17, 15) is 9.90 Å². The molecule has 120 valence electrons. The highest BCUT2D eigenvalue weighted by atomic mass is 16.5.